The van der Waals surface area contributed by atoms with E-state index >= 15 is 0 Å². The van der Waals surface area contributed by atoms with E-state index in [1.54, 1.807) is 0 Å². The van der Waals surface area contributed by atoms with Crippen LogP contribution in [0.4, 0.5) is 11.4 Å². The molecule has 0 radical (unpaired) electrons. The Bertz CT molecular complexity index is 473. The molecule has 2 aliphatic rings. The first-order chi connectivity index (χ1) is 9.76. The first-order valence-corrected chi connectivity index (χ1v) is 8.53. The van der Waals surface area contributed by atoms with Gasteiger partial charge in [0.25, 0.3) is 0 Å². The number of fused-ring (bicyclic) bond motifs is 1. The summed E-state index contributed by atoms with van der Waals surface area (Å²) in [5, 5.41) is 4.40. The highest BCUT2D eigenvalue weighted by atomic mass is 32.2. The lowest BCUT2D eigenvalue weighted by molar-refractivity contribution is 0.172. The topological polar surface area (TPSA) is 56.5 Å². The second kappa shape index (κ2) is 6.04. The minimum atomic E-state index is 0.517. The summed E-state index contributed by atoms with van der Waals surface area (Å²) in [5.74, 6) is 1.55. The molecule has 1 aliphatic heterocycles. The van der Waals surface area contributed by atoms with Crippen LogP contribution in [0.3, 0.4) is 0 Å². The molecule has 1 saturated carbocycles. The lowest BCUT2D eigenvalue weighted by Crippen LogP contribution is -2.27. The van der Waals surface area contributed by atoms with Gasteiger partial charge in [0.2, 0.25) is 0 Å². The number of hydrogen-bond acceptors (Lipinski definition) is 5. The Hall–Kier alpha value is -1.23. The highest BCUT2D eigenvalue weighted by Crippen LogP contribution is 2.38. The van der Waals surface area contributed by atoms with E-state index in [1.807, 2.05) is 23.9 Å². The van der Waals surface area contributed by atoms with Crippen molar-refractivity contribution in [2.75, 3.05) is 30.5 Å². The zero-order valence-electron chi connectivity index (χ0n) is 11.9. The van der Waals surface area contributed by atoms with Gasteiger partial charge in [-0.1, -0.05) is 0 Å². The Morgan fingerprint density at radius 2 is 1.75 bits per heavy atom. The molecule has 1 aliphatic carbocycles. The molecule has 0 bridgehead atoms. The van der Waals surface area contributed by atoms with Gasteiger partial charge in [0.1, 0.15) is 13.2 Å². The van der Waals surface area contributed by atoms with Gasteiger partial charge in [0.15, 0.2) is 11.5 Å². The molecular formula is C15H22N2O2S. The summed E-state index contributed by atoms with van der Waals surface area (Å²) in [6.07, 6.45) is 7.18. The molecule has 3 N–H and O–H groups in total. The summed E-state index contributed by atoms with van der Waals surface area (Å²) in [6, 6.07) is 4.36. The number of thioether (sulfide) groups is 1. The number of rotatable bonds is 3. The third-order valence-corrected chi connectivity index (χ3v) is 5.22. The maximum atomic E-state index is 6.11. The molecular weight excluding hydrogens is 272 g/mol. The van der Waals surface area contributed by atoms with Gasteiger partial charge in [0.05, 0.1) is 11.4 Å². The largest absolute Gasteiger partial charge is 0.486 e. The van der Waals surface area contributed by atoms with Crippen LogP contribution in [0.1, 0.15) is 25.7 Å². The van der Waals surface area contributed by atoms with Crippen LogP contribution in [0.15, 0.2) is 12.1 Å². The van der Waals surface area contributed by atoms with Crippen LogP contribution in [0, 0.1) is 0 Å². The number of anilines is 2. The monoisotopic (exact) mass is 294 g/mol. The van der Waals surface area contributed by atoms with Crippen LogP contribution < -0.4 is 20.5 Å². The predicted octanol–water partition coefficient (Wildman–Crippen LogP) is 3.13. The van der Waals surface area contributed by atoms with Crippen molar-refractivity contribution in [3.05, 3.63) is 12.1 Å². The van der Waals surface area contributed by atoms with E-state index in [-0.39, 0.29) is 0 Å². The predicted molar refractivity (Wildman–Crippen MR) is 85.0 cm³/mol. The summed E-state index contributed by atoms with van der Waals surface area (Å²) in [7, 11) is 0. The SMILES string of the molecule is CSC1CCC(Nc2cc3c(cc2N)OCCO3)CC1. The molecule has 1 fully saturated rings. The van der Waals surface area contributed by atoms with Gasteiger partial charge in [-0.25, -0.2) is 0 Å². The maximum Gasteiger partial charge on any atom is 0.163 e. The number of nitrogen functional groups attached to an aromatic ring is 1. The normalized spacial score (nSPS) is 25.2. The molecule has 20 heavy (non-hydrogen) atoms. The van der Waals surface area contributed by atoms with Gasteiger partial charge in [-0.2, -0.15) is 11.8 Å². The first-order valence-electron chi connectivity index (χ1n) is 7.24. The molecule has 1 aromatic carbocycles. The lowest BCUT2D eigenvalue weighted by atomic mass is 9.94. The van der Waals surface area contributed by atoms with Crippen LogP contribution in [0.25, 0.3) is 0 Å². The zero-order chi connectivity index (χ0) is 13.9. The Morgan fingerprint density at radius 1 is 1.10 bits per heavy atom. The molecule has 0 amide bonds. The van der Waals surface area contributed by atoms with Gasteiger partial charge >= 0.3 is 0 Å². The van der Waals surface area contributed by atoms with E-state index in [0.29, 0.717) is 19.3 Å². The van der Waals surface area contributed by atoms with Gasteiger partial charge in [0, 0.05) is 23.4 Å². The van der Waals surface area contributed by atoms with Crippen molar-refractivity contribution < 1.29 is 9.47 Å². The molecule has 5 heteroatoms. The van der Waals surface area contributed by atoms with Gasteiger partial charge in [-0.15, -0.1) is 0 Å². The molecule has 110 valence electrons. The number of nitrogens with two attached hydrogens (primary N) is 1. The molecule has 1 heterocycles. The van der Waals surface area contributed by atoms with E-state index in [0.717, 1.165) is 28.1 Å². The zero-order valence-corrected chi connectivity index (χ0v) is 12.7. The highest BCUT2D eigenvalue weighted by molar-refractivity contribution is 7.99. The maximum absolute atomic E-state index is 6.11. The summed E-state index contributed by atoms with van der Waals surface area (Å²) in [5.41, 5.74) is 7.82. The fourth-order valence-corrected chi connectivity index (χ4v) is 3.64. The van der Waals surface area contributed by atoms with Crippen LogP contribution >= 0.6 is 11.8 Å². The fourth-order valence-electron chi connectivity index (χ4n) is 2.89. The van der Waals surface area contributed by atoms with E-state index in [4.69, 9.17) is 15.2 Å². The third-order valence-electron chi connectivity index (χ3n) is 4.08. The summed E-state index contributed by atoms with van der Waals surface area (Å²) >= 11 is 1.99. The number of benzene rings is 1. The van der Waals surface area contributed by atoms with Crippen molar-refractivity contribution >= 4 is 23.1 Å². The van der Waals surface area contributed by atoms with Crippen molar-refractivity contribution in [2.45, 2.75) is 37.0 Å². The number of ether oxygens (including phenoxy) is 2. The molecule has 0 saturated heterocycles. The van der Waals surface area contributed by atoms with Gasteiger partial charge in [-0.05, 0) is 31.9 Å². The number of hydrogen-bond donors (Lipinski definition) is 2. The Labute approximate surface area is 124 Å². The Kier molecular flexibility index (Phi) is 4.15. The Balaban J connectivity index is 1.68. The lowest BCUT2D eigenvalue weighted by Gasteiger charge is -2.29. The van der Waals surface area contributed by atoms with Gasteiger partial charge < -0.3 is 20.5 Å². The van der Waals surface area contributed by atoms with E-state index in [9.17, 15) is 0 Å². The summed E-state index contributed by atoms with van der Waals surface area (Å²) in [6.45, 7) is 1.20. The van der Waals surface area contributed by atoms with Crippen molar-refractivity contribution in [1.29, 1.82) is 0 Å². The number of nitrogens with one attached hydrogen (secondary N) is 1. The second-order valence-corrected chi connectivity index (χ2v) is 6.57. The van der Waals surface area contributed by atoms with Crippen LogP contribution in [0.5, 0.6) is 11.5 Å². The molecule has 0 aromatic heterocycles. The molecule has 4 nitrogen and oxygen atoms in total. The molecule has 0 spiro atoms. The molecule has 0 atom stereocenters. The second-order valence-electron chi connectivity index (χ2n) is 5.44. The fraction of sp³-hybridized carbons (Fsp3) is 0.600. The average molecular weight is 294 g/mol. The molecule has 3 rings (SSSR count). The van der Waals surface area contributed by atoms with Crippen molar-refractivity contribution in [1.82, 2.24) is 0 Å². The van der Waals surface area contributed by atoms with Crippen molar-refractivity contribution in [2.24, 2.45) is 0 Å². The molecule has 1 aromatic rings. The van der Waals surface area contributed by atoms with E-state index < -0.39 is 0 Å². The third kappa shape index (κ3) is 2.92. The smallest absolute Gasteiger partial charge is 0.163 e. The van der Waals surface area contributed by atoms with Crippen LogP contribution in [-0.2, 0) is 0 Å². The molecule has 0 unspecified atom stereocenters. The standard InChI is InChI=1S/C15H22N2O2S/c1-20-11-4-2-10(3-5-11)17-13-9-15-14(8-12(13)16)18-6-7-19-15/h8-11,17H,2-7,16H2,1H3. The minimum Gasteiger partial charge on any atom is -0.486 e. The quantitative estimate of drug-likeness (QED) is 0.839. The Morgan fingerprint density at radius 3 is 2.40 bits per heavy atom. The first kappa shape index (κ1) is 13.7. The summed E-state index contributed by atoms with van der Waals surface area (Å²) in [4.78, 5) is 0. The van der Waals surface area contributed by atoms with Crippen molar-refractivity contribution in [3.63, 3.8) is 0 Å². The summed E-state index contributed by atoms with van der Waals surface area (Å²) < 4.78 is 11.2. The van der Waals surface area contributed by atoms with Gasteiger partial charge in [-0.3, -0.25) is 0 Å². The minimum absolute atomic E-state index is 0.517. The van der Waals surface area contributed by atoms with Crippen LogP contribution in [-0.4, -0.2) is 30.8 Å². The van der Waals surface area contributed by atoms with E-state index in [2.05, 4.69) is 11.6 Å². The van der Waals surface area contributed by atoms with Crippen LogP contribution in [0.2, 0.25) is 0 Å². The highest BCUT2D eigenvalue weighted by Gasteiger charge is 2.22. The average Bonchev–Trinajstić information content (AvgIpc) is 2.49. The van der Waals surface area contributed by atoms with E-state index in [1.165, 1.54) is 25.7 Å². The van der Waals surface area contributed by atoms with Crippen molar-refractivity contribution in [3.8, 4) is 11.5 Å².